The van der Waals surface area contributed by atoms with Gasteiger partial charge in [0.15, 0.2) is 0 Å². The largest absolute Gasteiger partial charge is 0.330 e. The van der Waals surface area contributed by atoms with Gasteiger partial charge in [0.1, 0.15) is 10.9 Å². The number of rotatable bonds is 7. The highest BCUT2D eigenvalue weighted by Gasteiger charge is 2.14. The van der Waals surface area contributed by atoms with Gasteiger partial charge < -0.3 is 9.88 Å². The minimum atomic E-state index is -0.172. The van der Waals surface area contributed by atoms with Gasteiger partial charge in [-0.3, -0.25) is 4.79 Å². The van der Waals surface area contributed by atoms with E-state index in [1.165, 1.54) is 11.8 Å². The summed E-state index contributed by atoms with van der Waals surface area (Å²) in [7, 11) is 0. The Balaban J connectivity index is 1.51. The van der Waals surface area contributed by atoms with Gasteiger partial charge in [0.2, 0.25) is 0 Å². The van der Waals surface area contributed by atoms with E-state index in [2.05, 4.69) is 39.8 Å². The number of hydrogen-bond acceptors (Lipinski definition) is 4. The average molecular weight is 429 g/mol. The maximum absolute atomic E-state index is 13.0. The summed E-state index contributed by atoms with van der Waals surface area (Å²) in [6, 6.07) is 21.4. The van der Waals surface area contributed by atoms with E-state index in [1.54, 1.807) is 18.3 Å². The van der Waals surface area contributed by atoms with Gasteiger partial charge in [-0.2, -0.15) is 0 Å². The van der Waals surface area contributed by atoms with Crippen LogP contribution in [0.5, 0.6) is 0 Å². The SMILES string of the molecule is CC(C)c1nccn1Cc1cccc(NC(=O)c2cccnc2Sc2ccccc2)c1. The van der Waals surface area contributed by atoms with Crippen molar-refractivity contribution in [1.29, 1.82) is 0 Å². The molecule has 0 spiro atoms. The first-order valence-corrected chi connectivity index (χ1v) is 11.0. The molecule has 0 fully saturated rings. The fourth-order valence-electron chi connectivity index (χ4n) is 3.34. The summed E-state index contributed by atoms with van der Waals surface area (Å²) in [5, 5.41) is 3.71. The first-order valence-electron chi connectivity index (χ1n) is 10.2. The van der Waals surface area contributed by atoms with Crippen LogP contribution in [0, 0.1) is 0 Å². The van der Waals surface area contributed by atoms with E-state index in [0.717, 1.165) is 22.0 Å². The molecule has 0 bridgehead atoms. The number of hydrogen-bond donors (Lipinski definition) is 1. The lowest BCUT2D eigenvalue weighted by atomic mass is 10.1. The van der Waals surface area contributed by atoms with Gasteiger partial charge in [0.25, 0.3) is 5.91 Å². The number of nitrogens with zero attached hydrogens (tertiary/aromatic N) is 3. The summed E-state index contributed by atoms with van der Waals surface area (Å²) in [6.45, 7) is 4.97. The van der Waals surface area contributed by atoms with Gasteiger partial charge in [0, 0.05) is 41.6 Å². The molecule has 2 aromatic carbocycles. The first-order chi connectivity index (χ1) is 15.1. The zero-order valence-electron chi connectivity index (χ0n) is 17.5. The lowest BCUT2D eigenvalue weighted by molar-refractivity contribution is 0.102. The maximum atomic E-state index is 13.0. The highest BCUT2D eigenvalue weighted by atomic mass is 32.2. The summed E-state index contributed by atoms with van der Waals surface area (Å²) in [6.07, 6.45) is 5.53. The molecule has 2 heterocycles. The fraction of sp³-hybridized carbons (Fsp3) is 0.160. The molecule has 2 aromatic heterocycles. The molecule has 5 nitrogen and oxygen atoms in total. The predicted molar refractivity (Wildman–Crippen MR) is 125 cm³/mol. The van der Waals surface area contributed by atoms with E-state index in [0.29, 0.717) is 23.1 Å². The van der Waals surface area contributed by atoms with Gasteiger partial charge in [-0.25, -0.2) is 9.97 Å². The highest BCUT2D eigenvalue weighted by molar-refractivity contribution is 7.99. The van der Waals surface area contributed by atoms with Crippen LogP contribution in [0.1, 0.15) is 41.5 Å². The van der Waals surface area contributed by atoms with Crippen molar-refractivity contribution in [2.75, 3.05) is 5.32 Å². The number of aromatic nitrogens is 3. The molecule has 4 aromatic rings. The van der Waals surface area contributed by atoms with Gasteiger partial charge in [0.05, 0.1) is 5.56 Å². The molecule has 6 heteroatoms. The summed E-state index contributed by atoms with van der Waals surface area (Å²) >= 11 is 1.48. The van der Waals surface area contributed by atoms with Gasteiger partial charge >= 0.3 is 0 Å². The van der Waals surface area contributed by atoms with Crippen LogP contribution in [-0.2, 0) is 6.54 Å². The molecule has 0 aliphatic heterocycles. The molecule has 0 atom stereocenters. The molecular formula is C25H24N4OS. The number of anilines is 1. The Bertz CT molecular complexity index is 1170. The standard InChI is InChI=1S/C25H24N4OS/c1-18(2)23-26-14-15-29(23)17-19-8-6-9-20(16-19)28-24(30)22-12-7-13-27-25(22)31-21-10-4-3-5-11-21/h3-16,18H,17H2,1-2H3,(H,28,30). The Labute approximate surface area is 186 Å². The lowest BCUT2D eigenvalue weighted by Gasteiger charge is -2.12. The van der Waals surface area contributed by atoms with Crippen molar-refractivity contribution < 1.29 is 4.79 Å². The topological polar surface area (TPSA) is 59.8 Å². The fourth-order valence-corrected chi connectivity index (χ4v) is 4.24. The summed E-state index contributed by atoms with van der Waals surface area (Å²) < 4.78 is 2.14. The van der Waals surface area contributed by atoms with Crippen molar-refractivity contribution in [1.82, 2.24) is 14.5 Å². The molecule has 4 rings (SSSR count). The van der Waals surface area contributed by atoms with Crippen molar-refractivity contribution in [3.63, 3.8) is 0 Å². The van der Waals surface area contributed by atoms with Gasteiger partial charge in [-0.05, 0) is 42.0 Å². The number of amides is 1. The predicted octanol–water partition coefficient (Wildman–Crippen LogP) is 5.85. The molecular weight excluding hydrogens is 404 g/mol. The summed E-state index contributed by atoms with van der Waals surface area (Å²) in [5.74, 6) is 1.23. The smallest absolute Gasteiger partial charge is 0.258 e. The van der Waals surface area contributed by atoms with Crippen LogP contribution in [0.15, 0.2) is 95.2 Å². The minimum Gasteiger partial charge on any atom is -0.330 e. The normalized spacial score (nSPS) is 10.9. The zero-order valence-corrected chi connectivity index (χ0v) is 18.3. The van der Waals surface area contributed by atoms with Crippen LogP contribution >= 0.6 is 11.8 Å². The van der Waals surface area contributed by atoms with Crippen molar-refractivity contribution in [3.8, 4) is 0 Å². The molecule has 0 aliphatic rings. The third-order valence-electron chi connectivity index (χ3n) is 4.78. The van der Waals surface area contributed by atoms with Gasteiger partial charge in [-0.1, -0.05) is 55.9 Å². The van der Waals surface area contributed by atoms with E-state index in [1.807, 2.05) is 60.9 Å². The van der Waals surface area contributed by atoms with Crippen molar-refractivity contribution in [2.24, 2.45) is 0 Å². The first kappa shape index (κ1) is 20.9. The van der Waals surface area contributed by atoms with Crippen molar-refractivity contribution >= 4 is 23.4 Å². The Morgan fingerprint density at radius 1 is 1.00 bits per heavy atom. The van der Waals surface area contributed by atoms with Crippen molar-refractivity contribution in [3.05, 3.63) is 102 Å². The molecule has 0 saturated carbocycles. The highest BCUT2D eigenvalue weighted by Crippen LogP contribution is 2.29. The number of carbonyl (C=O) groups is 1. The van der Waals surface area contributed by atoms with Crippen LogP contribution in [0.25, 0.3) is 0 Å². The van der Waals surface area contributed by atoms with Crippen LogP contribution < -0.4 is 5.32 Å². The quantitative estimate of drug-likeness (QED) is 0.401. The second-order valence-corrected chi connectivity index (χ2v) is 8.56. The minimum absolute atomic E-state index is 0.172. The Hall–Kier alpha value is -3.38. The number of imidazole rings is 1. The number of nitrogens with one attached hydrogen (secondary N) is 1. The summed E-state index contributed by atoms with van der Waals surface area (Å²) in [4.78, 5) is 22.9. The average Bonchev–Trinajstić information content (AvgIpc) is 3.23. The molecule has 156 valence electrons. The van der Waals surface area contributed by atoms with E-state index < -0.39 is 0 Å². The molecule has 1 amide bonds. The zero-order chi connectivity index (χ0) is 21.6. The van der Waals surface area contributed by atoms with Crippen LogP contribution in [0.2, 0.25) is 0 Å². The van der Waals surface area contributed by atoms with E-state index in [-0.39, 0.29) is 5.91 Å². The number of carbonyl (C=O) groups excluding carboxylic acids is 1. The van der Waals surface area contributed by atoms with E-state index >= 15 is 0 Å². The second-order valence-electron chi connectivity index (χ2n) is 7.49. The molecule has 1 N–H and O–H groups in total. The Morgan fingerprint density at radius 3 is 2.65 bits per heavy atom. The third kappa shape index (κ3) is 5.22. The van der Waals surface area contributed by atoms with Crippen LogP contribution in [-0.4, -0.2) is 20.4 Å². The maximum Gasteiger partial charge on any atom is 0.258 e. The molecule has 31 heavy (non-hydrogen) atoms. The second kappa shape index (κ2) is 9.62. The number of benzene rings is 2. The van der Waals surface area contributed by atoms with E-state index in [9.17, 15) is 4.79 Å². The lowest BCUT2D eigenvalue weighted by Crippen LogP contribution is -2.14. The molecule has 0 unspecified atom stereocenters. The monoisotopic (exact) mass is 428 g/mol. The summed E-state index contributed by atoms with van der Waals surface area (Å²) in [5.41, 5.74) is 2.41. The van der Waals surface area contributed by atoms with E-state index in [4.69, 9.17) is 0 Å². The number of pyridine rings is 1. The van der Waals surface area contributed by atoms with Gasteiger partial charge in [-0.15, -0.1) is 0 Å². The van der Waals surface area contributed by atoms with Crippen molar-refractivity contribution in [2.45, 2.75) is 36.2 Å². The Kier molecular flexibility index (Phi) is 6.48. The Morgan fingerprint density at radius 2 is 1.84 bits per heavy atom. The molecule has 0 radical (unpaired) electrons. The van der Waals surface area contributed by atoms with Crippen LogP contribution in [0.4, 0.5) is 5.69 Å². The van der Waals surface area contributed by atoms with Crippen LogP contribution in [0.3, 0.4) is 0 Å². The molecule has 0 saturated heterocycles. The third-order valence-corrected chi connectivity index (χ3v) is 5.80. The molecule has 0 aliphatic carbocycles.